The number of hydrogen-bond donors (Lipinski definition) is 2. The van der Waals surface area contributed by atoms with Crippen molar-refractivity contribution in [2.24, 2.45) is 5.92 Å². The smallest absolute Gasteiger partial charge is 0.321 e. The van der Waals surface area contributed by atoms with Crippen LogP contribution in [0.3, 0.4) is 0 Å². The molecule has 0 bridgehead atoms. The van der Waals surface area contributed by atoms with E-state index in [9.17, 15) is 22.4 Å². The summed E-state index contributed by atoms with van der Waals surface area (Å²) in [6, 6.07) is 2.27. The van der Waals surface area contributed by atoms with Crippen LogP contribution in [-0.2, 0) is 21.0 Å². The third kappa shape index (κ3) is 2.96. The quantitative estimate of drug-likeness (QED) is 0.751. The number of methoxy groups -OCH3 is 1. The molecule has 3 aliphatic rings. The predicted molar refractivity (Wildman–Crippen MR) is 94.9 cm³/mol. The molecule has 0 unspecified atom stereocenters. The molecule has 0 spiro atoms. The zero-order valence-corrected chi connectivity index (χ0v) is 15.5. The largest absolute Gasteiger partial charge is 0.380 e. The normalized spacial score (nSPS) is 28.4. The van der Waals surface area contributed by atoms with Crippen LogP contribution < -0.4 is 10.6 Å². The summed E-state index contributed by atoms with van der Waals surface area (Å²) in [7, 11) is -1.85. The molecule has 3 amide bonds. The van der Waals surface area contributed by atoms with Gasteiger partial charge >= 0.3 is 6.03 Å². The Kier molecular flexibility index (Phi) is 4.34. The molecule has 2 saturated heterocycles. The summed E-state index contributed by atoms with van der Waals surface area (Å²) in [4.78, 5) is 25.7. The Hall–Kier alpha value is -2.20. The summed E-state index contributed by atoms with van der Waals surface area (Å²) >= 11 is 0. The maximum Gasteiger partial charge on any atom is 0.321 e. The van der Waals surface area contributed by atoms with Crippen molar-refractivity contribution < 1.29 is 27.1 Å². The standard InChI is InChI=1S/C17H20FN3O5S/c1-26-13-8-27(24,25)14-7-21(6-11(13)14)17(23)20-12-3-2-10-9(15(12)18)4-5-19-16(10)22/h2-3,11,13-14H,4-8H2,1H3,(H,19,22)(H,20,23)/t11-,13+,14-/m0/s1. The first-order valence-electron chi connectivity index (χ1n) is 8.71. The van der Waals surface area contributed by atoms with Crippen LogP contribution in [0, 0.1) is 11.7 Å². The van der Waals surface area contributed by atoms with Crippen LogP contribution >= 0.6 is 0 Å². The predicted octanol–water partition coefficient (Wildman–Crippen LogP) is 0.387. The van der Waals surface area contributed by atoms with Crippen molar-refractivity contribution in [3.8, 4) is 0 Å². The van der Waals surface area contributed by atoms with Gasteiger partial charge in [-0.3, -0.25) is 4.79 Å². The molecular weight excluding hydrogens is 377 g/mol. The number of hydrogen-bond acceptors (Lipinski definition) is 5. The number of fused-ring (bicyclic) bond motifs is 2. The van der Waals surface area contributed by atoms with Gasteiger partial charge in [-0.25, -0.2) is 17.6 Å². The number of carbonyl (C=O) groups is 2. The minimum Gasteiger partial charge on any atom is -0.380 e. The lowest BCUT2D eigenvalue weighted by Gasteiger charge is -2.22. The molecule has 3 heterocycles. The molecule has 1 aromatic rings. The van der Waals surface area contributed by atoms with E-state index in [0.29, 0.717) is 13.0 Å². The molecule has 27 heavy (non-hydrogen) atoms. The van der Waals surface area contributed by atoms with E-state index in [2.05, 4.69) is 10.6 Å². The number of benzene rings is 1. The monoisotopic (exact) mass is 397 g/mol. The minimum atomic E-state index is -3.32. The number of nitrogens with one attached hydrogen (secondary N) is 2. The molecule has 0 aliphatic carbocycles. The molecule has 0 aromatic heterocycles. The van der Waals surface area contributed by atoms with Gasteiger partial charge in [-0.2, -0.15) is 0 Å². The highest BCUT2D eigenvalue weighted by atomic mass is 32.2. The highest BCUT2D eigenvalue weighted by Crippen LogP contribution is 2.35. The summed E-state index contributed by atoms with van der Waals surface area (Å²) in [5.74, 6) is -1.27. The molecule has 3 aliphatic heterocycles. The van der Waals surface area contributed by atoms with Crippen LogP contribution in [-0.4, -0.2) is 69.1 Å². The summed E-state index contributed by atoms with van der Waals surface area (Å²) in [5.41, 5.74) is 0.523. The fourth-order valence-corrected chi connectivity index (χ4v) is 6.48. The number of carbonyl (C=O) groups excluding carboxylic acids is 2. The summed E-state index contributed by atoms with van der Waals surface area (Å²) < 4.78 is 44.5. The molecule has 1 aromatic carbocycles. The van der Waals surface area contributed by atoms with Gasteiger partial charge in [0.05, 0.1) is 22.8 Å². The number of anilines is 1. The Morgan fingerprint density at radius 1 is 1.37 bits per heavy atom. The lowest BCUT2D eigenvalue weighted by atomic mass is 9.99. The van der Waals surface area contributed by atoms with E-state index in [4.69, 9.17) is 4.74 Å². The Morgan fingerprint density at radius 3 is 2.89 bits per heavy atom. The van der Waals surface area contributed by atoms with Crippen LogP contribution in [0.4, 0.5) is 14.9 Å². The summed E-state index contributed by atoms with van der Waals surface area (Å²) in [5, 5.41) is 4.50. The highest BCUT2D eigenvalue weighted by Gasteiger charge is 2.53. The van der Waals surface area contributed by atoms with E-state index in [-0.39, 0.29) is 47.5 Å². The molecule has 10 heteroatoms. The van der Waals surface area contributed by atoms with E-state index in [1.54, 1.807) is 0 Å². The van der Waals surface area contributed by atoms with Gasteiger partial charge in [-0.1, -0.05) is 0 Å². The van der Waals surface area contributed by atoms with Crippen molar-refractivity contribution in [2.75, 3.05) is 37.8 Å². The third-order valence-electron chi connectivity index (χ3n) is 5.62. The number of halogens is 1. The summed E-state index contributed by atoms with van der Waals surface area (Å²) in [6.45, 7) is 0.642. The van der Waals surface area contributed by atoms with Crippen molar-refractivity contribution in [1.82, 2.24) is 10.2 Å². The lowest BCUT2D eigenvalue weighted by Crippen LogP contribution is -2.37. The van der Waals surface area contributed by atoms with Crippen molar-refractivity contribution in [2.45, 2.75) is 17.8 Å². The first-order valence-corrected chi connectivity index (χ1v) is 10.4. The van der Waals surface area contributed by atoms with E-state index in [1.165, 1.54) is 24.1 Å². The zero-order chi connectivity index (χ0) is 19.3. The first kappa shape index (κ1) is 18.2. The second kappa shape index (κ2) is 6.45. The molecule has 2 N–H and O–H groups in total. The average molecular weight is 397 g/mol. The van der Waals surface area contributed by atoms with Gasteiger partial charge in [0, 0.05) is 43.8 Å². The molecule has 2 fully saturated rings. The molecule has 0 radical (unpaired) electrons. The van der Waals surface area contributed by atoms with Gasteiger partial charge in [0.15, 0.2) is 15.7 Å². The Morgan fingerprint density at radius 2 is 2.15 bits per heavy atom. The fraction of sp³-hybridized carbons (Fsp3) is 0.529. The molecule has 4 rings (SSSR count). The van der Waals surface area contributed by atoms with Crippen molar-refractivity contribution >= 4 is 27.5 Å². The third-order valence-corrected chi connectivity index (χ3v) is 7.84. The number of urea groups is 1. The molecular formula is C17H20FN3O5S. The Balaban J connectivity index is 1.52. The zero-order valence-electron chi connectivity index (χ0n) is 14.7. The highest BCUT2D eigenvalue weighted by molar-refractivity contribution is 7.92. The van der Waals surface area contributed by atoms with Crippen molar-refractivity contribution in [3.63, 3.8) is 0 Å². The maximum atomic E-state index is 14.7. The number of likely N-dealkylation sites (tertiary alicyclic amines) is 1. The Labute approximate surface area is 156 Å². The number of rotatable bonds is 2. The van der Waals surface area contributed by atoms with E-state index in [1.807, 2.05) is 0 Å². The van der Waals surface area contributed by atoms with Crippen LogP contribution in [0.5, 0.6) is 0 Å². The van der Waals surface area contributed by atoms with Gasteiger partial charge in [0.25, 0.3) is 5.91 Å². The minimum absolute atomic E-state index is 0.0170. The van der Waals surface area contributed by atoms with Crippen molar-refractivity contribution in [3.05, 3.63) is 29.1 Å². The van der Waals surface area contributed by atoms with E-state index >= 15 is 0 Å². The second-order valence-corrected chi connectivity index (χ2v) is 9.36. The number of nitrogens with zero attached hydrogens (tertiary/aromatic N) is 1. The van der Waals surface area contributed by atoms with Gasteiger partial charge in [-0.15, -0.1) is 0 Å². The number of sulfone groups is 1. The average Bonchev–Trinajstić information content (AvgIpc) is 3.17. The van der Waals surface area contributed by atoms with Crippen molar-refractivity contribution in [1.29, 1.82) is 0 Å². The molecule has 146 valence electrons. The number of amides is 3. The van der Waals surface area contributed by atoms with Gasteiger partial charge < -0.3 is 20.3 Å². The SMILES string of the molecule is CO[C@@H]1CS(=O)(=O)[C@H]2CN(C(=O)Nc3ccc4c(c3F)CCNC4=O)C[C@@H]12. The maximum absolute atomic E-state index is 14.7. The molecule has 0 saturated carbocycles. The van der Waals surface area contributed by atoms with Crippen LogP contribution in [0.15, 0.2) is 12.1 Å². The van der Waals surface area contributed by atoms with Crippen LogP contribution in [0.25, 0.3) is 0 Å². The molecule has 8 nitrogen and oxygen atoms in total. The second-order valence-electron chi connectivity index (χ2n) is 7.10. The topological polar surface area (TPSA) is 105 Å². The van der Waals surface area contributed by atoms with Gasteiger partial charge in [-0.05, 0) is 18.6 Å². The van der Waals surface area contributed by atoms with E-state index < -0.39 is 33.0 Å². The fourth-order valence-electron chi connectivity index (χ4n) is 4.19. The Bertz CT molecular complexity index is 919. The lowest BCUT2D eigenvalue weighted by molar-refractivity contribution is 0.0825. The van der Waals surface area contributed by atoms with Crippen LogP contribution in [0.1, 0.15) is 15.9 Å². The van der Waals surface area contributed by atoms with Crippen LogP contribution in [0.2, 0.25) is 0 Å². The molecule has 3 atom stereocenters. The van der Waals surface area contributed by atoms with Gasteiger partial charge in [0.1, 0.15) is 0 Å². The van der Waals surface area contributed by atoms with Gasteiger partial charge in [0.2, 0.25) is 0 Å². The first-order chi connectivity index (χ1) is 12.8. The van der Waals surface area contributed by atoms with E-state index in [0.717, 1.165) is 0 Å². The summed E-state index contributed by atoms with van der Waals surface area (Å²) in [6.07, 6.45) is -0.0880. The number of ether oxygens (including phenoxy) is 1.